The summed E-state index contributed by atoms with van der Waals surface area (Å²) >= 11 is 0. The van der Waals surface area contributed by atoms with Crippen LogP contribution in [-0.2, 0) is 9.59 Å². The van der Waals surface area contributed by atoms with E-state index in [1.807, 2.05) is 35.5 Å². The highest BCUT2D eigenvalue weighted by Gasteiger charge is 2.40. The zero-order valence-electron chi connectivity index (χ0n) is 34.5. The zero-order chi connectivity index (χ0) is 40.2. The highest BCUT2D eigenvalue weighted by atomic mass is 16.2. The van der Waals surface area contributed by atoms with Gasteiger partial charge < -0.3 is 24.7 Å². The molecule has 0 radical (unpaired) electrons. The summed E-state index contributed by atoms with van der Waals surface area (Å²) in [5.41, 5.74) is 7.30. The molecule has 10 nitrogen and oxygen atoms in total. The minimum absolute atomic E-state index is 0.0378. The molecule has 0 saturated carbocycles. The molecule has 2 amide bonds. The number of hydrogen-bond acceptors (Lipinski definition) is 6. The molecule has 58 heavy (non-hydrogen) atoms. The Labute approximate surface area is 343 Å². The second kappa shape index (κ2) is 17.6. The van der Waals surface area contributed by atoms with Crippen molar-refractivity contribution in [1.82, 2.24) is 39.5 Å². The van der Waals surface area contributed by atoms with Crippen molar-refractivity contribution in [3.05, 3.63) is 121 Å². The number of likely N-dealkylation sites (N-methyl/N-ethyl adjacent to an activating group) is 1. The number of benzene rings is 3. The summed E-state index contributed by atoms with van der Waals surface area (Å²) < 4.78 is 0. The molecule has 0 bridgehead atoms. The number of carbonyl (C=O) groups is 2. The summed E-state index contributed by atoms with van der Waals surface area (Å²) in [6, 6.07) is 26.7. The number of H-pyrrole nitrogens is 2. The molecular weight excluding hydrogens is 721 g/mol. The normalized spacial score (nSPS) is 19.4. The minimum Gasteiger partial charge on any atom is -0.366 e. The SMILES string of the molecule is CCN(CC)[C@@H](C(=O)N1CCC[C@H]1c1ncc(-c2ccc(-c3ccc(-c4cnc([C@@H]5CCCN5C(=O)[C@@H](C(C)C)N5C=CCCC5)[nH]4)cc3)cc2)[nH]1)c1ccccc1. The Balaban J connectivity index is 0.928. The van der Waals surface area contributed by atoms with E-state index in [0.717, 1.165) is 122 Å². The van der Waals surface area contributed by atoms with Gasteiger partial charge in [-0.2, -0.15) is 0 Å². The minimum atomic E-state index is -0.310. The predicted molar refractivity (Wildman–Crippen MR) is 230 cm³/mol. The Hall–Kier alpha value is -5.48. The number of likely N-dealkylation sites (tertiary alicyclic amines) is 2. The zero-order valence-corrected chi connectivity index (χ0v) is 34.5. The van der Waals surface area contributed by atoms with Gasteiger partial charge >= 0.3 is 0 Å². The highest BCUT2D eigenvalue weighted by molar-refractivity contribution is 5.84. The third-order valence-electron chi connectivity index (χ3n) is 12.5. The molecule has 2 fully saturated rings. The summed E-state index contributed by atoms with van der Waals surface area (Å²) in [6.07, 6.45) is 14.0. The van der Waals surface area contributed by atoms with Crippen LogP contribution in [0.4, 0.5) is 0 Å². The lowest BCUT2D eigenvalue weighted by molar-refractivity contribution is -0.139. The third-order valence-corrected chi connectivity index (χ3v) is 12.5. The van der Waals surface area contributed by atoms with Gasteiger partial charge in [0.2, 0.25) is 11.8 Å². The maximum atomic E-state index is 14.2. The van der Waals surface area contributed by atoms with E-state index in [4.69, 9.17) is 9.97 Å². The lowest BCUT2D eigenvalue weighted by Gasteiger charge is -2.37. The Morgan fingerprint density at radius 1 is 0.690 bits per heavy atom. The van der Waals surface area contributed by atoms with Crippen LogP contribution in [0, 0.1) is 5.92 Å². The smallest absolute Gasteiger partial charge is 0.246 e. The fourth-order valence-electron chi connectivity index (χ4n) is 9.40. The first-order valence-electron chi connectivity index (χ1n) is 21.5. The first-order chi connectivity index (χ1) is 28.3. The molecule has 3 aliphatic heterocycles. The molecule has 0 unspecified atom stereocenters. The number of nitrogens with one attached hydrogen (secondary N) is 2. The van der Waals surface area contributed by atoms with Gasteiger partial charge in [0.15, 0.2) is 0 Å². The summed E-state index contributed by atoms with van der Waals surface area (Å²) in [5.74, 6) is 2.28. The van der Waals surface area contributed by atoms with Crippen LogP contribution in [0.15, 0.2) is 104 Å². The number of aromatic amines is 2. The lowest BCUT2D eigenvalue weighted by Crippen LogP contribution is -2.50. The number of carbonyl (C=O) groups excluding carboxylic acids is 2. The molecule has 10 heteroatoms. The van der Waals surface area contributed by atoms with Gasteiger partial charge in [-0.1, -0.05) is 113 Å². The molecule has 4 atom stereocenters. The summed E-state index contributed by atoms with van der Waals surface area (Å²) in [6.45, 7) is 12.6. The first-order valence-corrected chi connectivity index (χ1v) is 21.5. The largest absolute Gasteiger partial charge is 0.366 e. The van der Waals surface area contributed by atoms with Gasteiger partial charge in [-0.05, 0) is 91.5 Å². The third kappa shape index (κ3) is 7.99. The summed E-state index contributed by atoms with van der Waals surface area (Å²) in [4.78, 5) is 53.6. The van der Waals surface area contributed by atoms with Gasteiger partial charge in [0.05, 0.1) is 35.9 Å². The van der Waals surface area contributed by atoms with E-state index in [-0.39, 0.29) is 41.9 Å². The van der Waals surface area contributed by atoms with E-state index in [0.29, 0.717) is 0 Å². The van der Waals surface area contributed by atoms with Crippen molar-refractivity contribution in [3.8, 4) is 33.6 Å². The van der Waals surface area contributed by atoms with Crippen molar-refractivity contribution in [3.63, 3.8) is 0 Å². The quantitative estimate of drug-likeness (QED) is 0.124. The molecule has 2 aromatic heterocycles. The molecule has 302 valence electrons. The van der Waals surface area contributed by atoms with E-state index in [9.17, 15) is 9.59 Å². The maximum absolute atomic E-state index is 14.2. The topological polar surface area (TPSA) is 104 Å². The first kappa shape index (κ1) is 39.4. The van der Waals surface area contributed by atoms with Gasteiger partial charge in [0, 0.05) is 19.6 Å². The number of nitrogens with zero attached hydrogens (tertiary/aromatic N) is 6. The molecule has 5 aromatic rings. The van der Waals surface area contributed by atoms with Gasteiger partial charge in [-0.3, -0.25) is 14.5 Å². The summed E-state index contributed by atoms with van der Waals surface area (Å²) in [7, 11) is 0. The van der Waals surface area contributed by atoms with Crippen LogP contribution in [0.5, 0.6) is 0 Å². The standard InChI is InChI=1S/C48H58N8O2/c1-5-53(6-2)44(38-15-9-7-10-16-38)48(58)56-30-14-18-42(56)46-50-32-40(52-46)37-25-21-35(22-26-37)34-19-23-36(24-20-34)39-31-49-45(51-39)41-17-13-29-55(41)47(57)43(33(3)4)54-27-11-8-12-28-54/h7,9-11,15-16,19-27,31-33,41-44H,5-6,8,12-14,17-18,28-30H2,1-4H3,(H,49,51)(H,50,52)/t41-,42-,43+,44+/m0/s1. The highest BCUT2D eigenvalue weighted by Crippen LogP contribution is 2.37. The molecule has 2 N–H and O–H groups in total. The molecule has 2 saturated heterocycles. The maximum Gasteiger partial charge on any atom is 0.246 e. The number of rotatable bonds is 13. The van der Waals surface area contributed by atoms with Crippen molar-refractivity contribution in [2.75, 3.05) is 32.7 Å². The van der Waals surface area contributed by atoms with Crippen molar-refractivity contribution in [1.29, 1.82) is 0 Å². The van der Waals surface area contributed by atoms with Gasteiger partial charge in [-0.15, -0.1) is 0 Å². The van der Waals surface area contributed by atoms with Crippen LogP contribution in [0.2, 0.25) is 0 Å². The number of hydrogen-bond donors (Lipinski definition) is 2. The molecule has 8 rings (SSSR count). The van der Waals surface area contributed by atoms with Crippen LogP contribution >= 0.6 is 0 Å². The van der Waals surface area contributed by atoms with E-state index in [1.54, 1.807) is 0 Å². The second-order valence-corrected chi connectivity index (χ2v) is 16.4. The predicted octanol–water partition coefficient (Wildman–Crippen LogP) is 9.18. The molecule has 0 spiro atoms. The van der Waals surface area contributed by atoms with Crippen molar-refractivity contribution >= 4 is 11.8 Å². The van der Waals surface area contributed by atoms with E-state index < -0.39 is 0 Å². The molecule has 0 aliphatic carbocycles. The molecule has 5 heterocycles. The van der Waals surface area contributed by atoms with Crippen LogP contribution in [0.25, 0.3) is 33.6 Å². The van der Waals surface area contributed by atoms with Crippen LogP contribution in [0.1, 0.15) is 102 Å². The summed E-state index contributed by atoms with van der Waals surface area (Å²) in [5, 5.41) is 0. The Morgan fingerprint density at radius 2 is 1.21 bits per heavy atom. The molecular formula is C48H58N8O2. The van der Waals surface area contributed by atoms with Crippen molar-refractivity contribution in [2.24, 2.45) is 5.92 Å². The number of imidazole rings is 2. The van der Waals surface area contributed by atoms with Crippen molar-refractivity contribution in [2.45, 2.75) is 90.4 Å². The van der Waals surface area contributed by atoms with Gasteiger partial charge in [0.25, 0.3) is 0 Å². The second-order valence-electron chi connectivity index (χ2n) is 16.4. The Kier molecular flexibility index (Phi) is 11.9. The van der Waals surface area contributed by atoms with Crippen molar-refractivity contribution < 1.29 is 9.59 Å². The Bertz CT molecular complexity index is 2170. The molecule has 3 aliphatic rings. The van der Waals surface area contributed by atoms with Crippen LogP contribution in [0.3, 0.4) is 0 Å². The number of amides is 2. The van der Waals surface area contributed by atoms with E-state index >= 15 is 0 Å². The van der Waals surface area contributed by atoms with Crippen LogP contribution < -0.4 is 0 Å². The lowest BCUT2D eigenvalue weighted by atomic mass is 9.99. The number of aromatic nitrogens is 4. The average Bonchev–Trinajstić information content (AvgIpc) is 4.11. The molecule has 3 aromatic carbocycles. The Morgan fingerprint density at radius 3 is 1.69 bits per heavy atom. The fraction of sp³-hybridized carbons (Fsp3) is 0.417. The average molecular weight is 779 g/mol. The van der Waals surface area contributed by atoms with Gasteiger partial charge in [0.1, 0.15) is 23.7 Å². The number of allylic oxidation sites excluding steroid dienone is 1. The van der Waals surface area contributed by atoms with E-state index in [2.05, 4.69) is 125 Å². The van der Waals surface area contributed by atoms with Gasteiger partial charge in [-0.25, -0.2) is 9.97 Å². The van der Waals surface area contributed by atoms with Crippen LogP contribution in [-0.4, -0.2) is 90.1 Å². The fourth-order valence-corrected chi connectivity index (χ4v) is 9.40. The van der Waals surface area contributed by atoms with E-state index in [1.165, 1.54) is 0 Å². The monoisotopic (exact) mass is 778 g/mol.